The molecule has 1 aliphatic carbocycles. The molecule has 1 aromatic rings. The second-order valence-electron chi connectivity index (χ2n) is 5.92. The molecule has 0 heterocycles. The minimum atomic E-state index is -0.336. The van der Waals surface area contributed by atoms with E-state index < -0.39 is 0 Å². The molecular weight excluding hydrogens is 261 g/mol. The molecule has 0 bridgehead atoms. The van der Waals surface area contributed by atoms with Crippen LogP contribution in [0.5, 0.6) is 0 Å². The molecule has 0 saturated heterocycles. The maximum atomic E-state index is 13.2. The van der Waals surface area contributed by atoms with Crippen molar-refractivity contribution in [3.05, 3.63) is 34.6 Å². The fourth-order valence-electron chi connectivity index (χ4n) is 3.24. The summed E-state index contributed by atoms with van der Waals surface area (Å²) in [7, 11) is 0. The molecular formula is C16H23ClFN. The molecule has 1 atom stereocenters. The molecule has 1 fully saturated rings. The summed E-state index contributed by atoms with van der Waals surface area (Å²) >= 11 is 5.87. The molecule has 0 amide bonds. The van der Waals surface area contributed by atoms with Crippen LogP contribution >= 0.6 is 11.6 Å². The topological polar surface area (TPSA) is 12.0 Å². The molecule has 0 aromatic heterocycles. The minimum Gasteiger partial charge on any atom is -0.313 e. The first-order valence-electron chi connectivity index (χ1n) is 7.22. The lowest BCUT2D eigenvalue weighted by molar-refractivity contribution is 0.222. The van der Waals surface area contributed by atoms with Crippen molar-refractivity contribution >= 4 is 11.6 Å². The lowest BCUT2D eigenvalue weighted by Crippen LogP contribution is -2.43. The Labute approximate surface area is 120 Å². The quantitative estimate of drug-likeness (QED) is 0.834. The highest BCUT2D eigenvalue weighted by molar-refractivity contribution is 6.30. The fraction of sp³-hybridized carbons (Fsp3) is 0.625. The Kier molecular flexibility index (Phi) is 4.86. The summed E-state index contributed by atoms with van der Waals surface area (Å²) < 4.78 is 13.2. The van der Waals surface area contributed by atoms with Crippen LogP contribution in [0.25, 0.3) is 0 Å². The molecule has 1 aromatic carbocycles. The van der Waals surface area contributed by atoms with Crippen LogP contribution < -0.4 is 5.32 Å². The Morgan fingerprint density at radius 1 is 1.37 bits per heavy atom. The van der Waals surface area contributed by atoms with Gasteiger partial charge >= 0.3 is 0 Å². The van der Waals surface area contributed by atoms with Crippen molar-refractivity contribution in [3.8, 4) is 0 Å². The van der Waals surface area contributed by atoms with Crippen molar-refractivity contribution < 1.29 is 4.39 Å². The third-order valence-electron chi connectivity index (χ3n) is 4.46. The second-order valence-corrected chi connectivity index (χ2v) is 6.33. The Hall–Kier alpha value is -0.600. The number of likely N-dealkylation sites (N-methyl/N-ethyl adjacent to an activating group) is 1. The lowest BCUT2D eigenvalue weighted by atomic mass is 9.78. The summed E-state index contributed by atoms with van der Waals surface area (Å²) in [5.41, 5.74) is 1.47. The van der Waals surface area contributed by atoms with Gasteiger partial charge in [-0.25, -0.2) is 4.39 Å². The number of hydrogen-bond acceptors (Lipinski definition) is 1. The van der Waals surface area contributed by atoms with Gasteiger partial charge < -0.3 is 5.32 Å². The molecule has 1 saturated carbocycles. The molecule has 1 aliphatic rings. The standard InChI is InChI=1S/C16H23ClFN/c1-3-19-15(16(2)8-4-5-9-16)11-12-6-7-14(18)13(17)10-12/h6-7,10,15,19H,3-5,8-9,11H2,1-2H3. The highest BCUT2D eigenvalue weighted by atomic mass is 35.5. The second kappa shape index (κ2) is 6.23. The number of rotatable bonds is 5. The van der Waals surface area contributed by atoms with E-state index in [1.807, 2.05) is 6.07 Å². The summed E-state index contributed by atoms with van der Waals surface area (Å²) in [4.78, 5) is 0. The zero-order valence-electron chi connectivity index (χ0n) is 11.8. The molecule has 0 aliphatic heterocycles. The van der Waals surface area contributed by atoms with Gasteiger partial charge in [-0.15, -0.1) is 0 Å². The lowest BCUT2D eigenvalue weighted by Gasteiger charge is -2.35. The zero-order valence-corrected chi connectivity index (χ0v) is 12.6. The van der Waals surface area contributed by atoms with E-state index in [1.165, 1.54) is 31.7 Å². The van der Waals surface area contributed by atoms with Crippen LogP contribution in [0.2, 0.25) is 5.02 Å². The highest BCUT2D eigenvalue weighted by Crippen LogP contribution is 2.41. The van der Waals surface area contributed by atoms with Gasteiger partial charge in [-0.1, -0.05) is 44.4 Å². The Balaban J connectivity index is 2.13. The van der Waals surface area contributed by atoms with Gasteiger partial charge in [0.15, 0.2) is 0 Å². The summed E-state index contributed by atoms with van der Waals surface area (Å²) in [5, 5.41) is 3.84. The van der Waals surface area contributed by atoms with Crippen LogP contribution in [0.1, 0.15) is 45.1 Å². The Morgan fingerprint density at radius 2 is 2.05 bits per heavy atom. The van der Waals surface area contributed by atoms with Gasteiger partial charge in [-0.2, -0.15) is 0 Å². The van der Waals surface area contributed by atoms with E-state index in [0.29, 0.717) is 11.5 Å². The van der Waals surface area contributed by atoms with Crippen LogP contribution in [0.4, 0.5) is 4.39 Å². The Bertz CT molecular complexity index is 427. The summed E-state index contributed by atoms with van der Waals surface area (Å²) in [6.07, 6.45) is 6.12. The molecule has 0 spiro atoms. The predicted molar refractivity (Wildman–Crippen MR) is 79.2 cm³/mol. The van der Waals surface area contributed by atoms with E-state index >= 15 is 0 Å². The molecule has 1 nitrogen and oxygen atoms in total. The average molecular weight is 284 g/mol. The van der Waals surface area contributed by atoms with Crippen molar-refractivity contribution in [2.45, 2.75) is 52.0 Å². The van der Waals surface area contributed by atoms with Gasteiger partial charge in [-0.05, 0) is 48.9 Å². The zero-order chi connectivity index (χ0) is 13.9. The molecule has 3 heteroatoms. The molecule has 1 unspecified atom stereocenters. The fourth-order valence-corrected chi connectivity index (χ4v) is 3.45. The van der Waals surface area contributed by atoms with E-state index in [-0.39, 0.29) is 10.8 Å². The van der Waals surface area contributed by atoms with E-state index in [0.717, 1.165) is 18.5 Å². The SMILES string of the molecule is CCNC(Cc1ccc(F)c(Cl)c1)C1(C)CCCC1. The third kappa shape index (κ3) is 3.49. The average Bonchev–Trinajstić information content (AvgIpc) is 2.81. The van der Waals surface area contributed by atoms with Crippen molar-refractivity contribution in [2.75, 3.05) is 6.54 Å². The molecule has 2 rings (SSSR count). The maximum absolute atomic E-state index is 13.2. The van der Waals surface area contributed by atoms with Crippen molar-refractivity contribution in [1.82, 2.24) is 5.32 Å². The Morgan fingerprint density at radius 3 is 2.63 bits per heavy atom. The van der Waals surface area contributed by atoms with E-state index in [4.69, 9.17) is 11.6 Å². The summed E-state index contributed by atoms with van der Waals surface area (Å²) in [5.74, 6) is -0.336. The third-order valence-corrected chi connectivity index (χ3v) is 4.75. The van der Waals surface area contributed by atoms with Crippen LogP contribution in [0, 0.1) is 11.2 Å². The smallest absolute Gasteiger partial charge is 0.141 e. The summed E-state index contributed by atoms with van der Waals surface area (Å²) in [6.45, 7) is 5.48. The molecule has 19 heavy (non-hydrogen) atoms. The van der Waals surface area contributed by atoms with Gasteiger partial charge in [0.25, 0.3) is 0 Å². The summed E-state index contributed by atoms with van der Waals surface area (Å²) in [6, 6.07) is 5.53. The number of halogens is 2. The first-order valence-corrected chi connectivity index (χ1v) is 7.60. The first-order chi connectivity index (χ1) is 9.05. The number of benzene rings is 1. The van der Waals surface area contributed by atoms with Gasteiger partial charge in [0, 0.05) is 6.04 Å². The van der Waals surface area contributed by atoms with E-state index in [9.17, 15) is 4.39 Å². The largest absolute Gasteiger partial charge is 0.313 e. The van der Waals surface area contributed by atoms with Crippen LogP contribution in [0.15, 0.2) is 18.2 Å². The predicted octanol–water partition coefficient (Wildman–Crippen LogP) is 4.58. The van der Waals surface area contributed by atoms with Crippen LogP contribution in [0.3, 0.4) is 0 Å². The highest BCUT2D eigenvalue weighted by Gasteiger charge is 2.36. The van der Waals surface area contributed by atoms with Gasteiger partial charge in [0.2, 0.25) is 0 Å². The van der Waals surface area contributed by atoms with Crippen LogP contribution in [-0.4, -0.2) is 12.6 Å². The molecule has 0 radical (unpaired) electrons. The van der Waals surface area contributed by atoms with Gasteiger partial charge in [0.05, 0.1) is 5.02 Å². The van der Waals surface area contributed by atoms with Crippen molar-refractivity contribution in [2.24, 2.45) is 5.41 Å². The maximum Gasteiger partial charge on any atom is 0.141 e. The normalized spacial score (nSPS) is 19.6. The molecule has 1 N–H and O–H groups in total. The van der Waals surface area contributed by atoms with Crippen molar-refractivity contribution in [3.63, 3.8) is 0 Å². The van der Waals surface area contributed by atoms with Crippen LogP contribution in [-0.2, 0) is 6.42 Å². The molecule has 106 valence electrons. The van der Waals surface area contributed by atoms with Gasteiger partial charge in [0.1, 0.15) is 5.82 Å². The minimum absolute atomic E-state index is 0.226. The number of hydrogen-bond donors (Lipinski definition) is 1. The van der Waals surface area contributed by atoms with Crippen molar-refractivity contribution in [1.29, 1.82) is 0 Å². The van der Waals surface area contributed by atoms with E-state index in [1.54, 1.807) is 6.07 Å². The number of nitrogens with one attached hydrogen (secondary N) is 1. The van der Waals surface area contributed by atoms with E-state index in [2.05, 4.69) is 19.2 Å². The van der Waals surface area contributed by atoms with Gasteiger partial charge in [-0.3, -0.25) is 0 Å². The first kappa shape index (κ1) is 14.8. The monoisotopic (exact) mass is 283 g/mol.